The zero-order valence-corrected chi connectivity index (χ0v) is 12.0. The number of carbonyl (C=O) groups is 1. The Morgan fingerprint density at radius 3 is 1.91 bits per heavy atom. The van der Waals surface area contributed by atoms with Crippen molar-refractivity contribution < 1.29 is 4.79 Å². The van der Waals surface area contributed by atoms with E-state index in [-0.39, 0.29) is 0 Å². The maximum atomic E-state index is 11.8. The lowest BCUT2D eigenvalue weighted by Crippen LogP contribution is -2.03. The summed E-state index contributed by atoms with van der Waals surface area (Å²) in [6.45, 7) is 0. The molecular formula is C17H14N4O. The molecule has 0 amide bonds. The molecule has 1 heterocycles. The maximum Gasteiger partial charge on any atom is 0.185 e. The Bertz CT molecular complexity index is 765. The average molecular weight is 290 g/mol. The van der Waals surface area contributed by atoms with Crippen molar-refractivity contribution in [2.75, 3.05) is 0 Å². The second kappa shape index (κ2) is 6.13. The first kappa shape index (κ1) is 13.9. The molecular weight excluding hydrogens is 276 g/mol. The summed E-state index contributed by atoms with van der Waals surface area (Å²) in [7, 11) is 1.71. The first-order valence-electron chi connectivity index (χ1n) is 6.84. The SMILES string of the molecule is Cn1nnnc1C(C=O)=C(c1ccccc1)c1ccccc1. The van der Waals surface area contributed by atoms with E-state index in [1.54, 1.807) is 7.05 Å². The highest BCUT2D eigenvalue weighted by Gasteiger charge is 2.17. The molecule has 0 fully saturated rings. The highest BCUT2D eigenvalue weighted by Crippen LogP contribution is 2.29. The van der Waals surface area contributed by atoms with Gasteiger partial charge in [0.25, 0.3) is 0 Å². The van der Waals surface area contributed by atoms with Gasteiger partial charge < -0.3 is 0 Å². The highest BCUT2D eigenvalue weighted by molar-refractivity contribution is 6.19. The van der Waals surface area contributed by atoms with Gasteiger partial charge in [-0.3, -0.25) is 4.79 Å². The Morgan fingerprint density at radius 2 is 1.50 bits per heavy atom. The average Bonchev–Trinajstić information content (AvgIpc) is 3.00. The minimum atomic E-state index is 0.442. The van der Waals surface area contributed by atoms with Crippen LogP contribution in [0.2, 0.25) is 0 Å². The van der Waals surface area contributed by atoms with Crippen LogP contribution >= 0.6 is 0 Å². The van der Waals surface area contributed by atoms with Crippen LogP contribution in [0.4, 0.5) is 0 Å². The number of rotatable bonds is 4. The van der Waals surface area contributed by atoms with Gasteiger partial charge in [0.2, 0.25) is 0 Å². The van der Waals surface area contributed by atoms with Gasteiger partial charge >= 0.3 is 0 Å². The Morgan fingerprint density at radius 1 is 0.955 bits per heavy atom. The number of nitrogens with zero attached hydrogens (tertiary/aromatic N) is 4. The molecule has 1 aromatic heterocycles. The Kier molecular flexibility index (Phi) is 3.87. The van der Waals surface area contributed by atoms with Crippen molar-refractivity contribution in [2.24, 2.45) is 7.05 Å². The molecule has 0 unspecified atom stereocenters. The molecule has 22 heavy (non-hydrogen) atoms. The summed E-state index contributed by atoms with van der Waals surface area (Å²) in [5.74, 6) is 0.442. The summed E-state index contributed by atoms with van der Waals surface area (Å²) in [4.78, 5) is 11.8. The predicted molar refractivity (Wildman–Crippen MR) is 83.7 cm³/mol. The number of aromatic nitrogens is 4. The molecule has 5 nitrogen and oxygen atoms in total. The summed E-state index contributed by atoms with van der Waals surface area (Å²) in [5.41, 5.74) is 3.16. The molecule has 5 heteroatoms. The van der Waals surface area contributed by atoms with E-state index in [1.165, 1.54) is 4.68 Å². The molecule has 0 bridgehead atoms. The van der Waals surface area contributed by atoms with Gasteiger partial charge in [-0.25, -0.2) is 4.68 Å². The molecule has 0 N–H and O–H groups in total. The molecule has 0 radical (unpaired) electrons. The number of tetrazole rings is 1. The lowest BCUT2D eigenvalue weighted by atomic mass is 9.93. The minimum Gasteiger partial charge on any atom is -0.298 e. The van der Waals surface area contributed by atoms with Crippen LogP contribution in [0, 0.1) is 0 Å². The first-order chi connectivity index (χ1) is 10.8. The summed E-state index contributed by atoms with van der Waals surface area (Å²) >= 11 is 0. The molecule has 2 aromatic carbocycles. The van der Waals surface area contributed by atoms with E-state index in [4.69, 9.17) is 0 Å². The van der Waals surface area contributed by atoms with Crippen LogP contribution in [0.1, 0.15) is 17.0 Å². The van der Waals surface area contributed by atoms with Gasteiger partial charge in [-0.05, 0) is 21.6 Å². The van der Waals surface area contributed by atoms with Gasteiger partial charge in [-0.1, -0.05) is 60.7 Å². The van der Waals surface area contributed by atoms with Crippen molar-refractivity contribution in [3.05, 3.63) is 77.6 Å². The Hall–Kier alpha value is -3.08. The van der Waals surface area contributed by atoms with Gasteiger partial charge in [-0.2, -0.15) is 0 Å². The number of aldehydes is 1. The summed E-state index contributed by atoms with van der Waals surface area (Å²) in [5, 5.41) is 11.4. The van der Waals surface area contributed by atoms with Gasteiger partial charge in [0.1, 0.15) is 0 Å². The van der Waals surface area contributed by atoms with Crippen LogP contribution in [0.25, 0.3) is 11.1 Å². The molecule has 0 aliphatic rings. The quantitative estimate of drug-likeness (QED) is 0.546. The van der Waals surface area contributed by atoms with Crippen LogP contribution in [-0.4, -0.2) is 26.5 Å². The maximum absolute atomic E-state index is 11.8. The van der Waals surface area contributed by atoms with E-state index >= 15 is 0 Å². The minimum absolute atomic E-state index is 0.442. The topological polar surface area (TPSA) is 60.7 Å². The summed E-state index contributed by atoms with van der Waals surface area (Å²) in [6.07, 6.45) is 0.807. The molecule has 0 atom stereocenters. The fraction of sp³-hybridized carbons (Fsp3) is 0.0588. The second-order valence-corrected chi connectivity index (χ2v) is 4.76. The van der Waals surface area contributed by atoms with E-state index in [0.717, 1.165) is 23.0 Å². The molecule has 3 aromatic rings. The first-order valence-corrected chi connectivity index (χ1v) is 6.84. The van der Waals surface area contributed by atoms with Crippen molar-refractivity contribution in [1.29, 1.82) is 0 Å². The standard InChI is InChI=1S/C17H14N4O/c1-21-17(18-19-20-21)15(12-22)16(13-8-4-2-5-9-13)14-10-6-3-7-11-14/h2-12H,1H3. The van der Waals surface area contributed by atoms with Crippen LogP contribution in [0.3, 0.4) is 0 Å². The predicted octanol–water partition coefficient (Wildman–Crippen LogP) is 2.37. The van der Waals surface area contributed by atoms with Gasteiger partial charge in [0, 0.05) is 12.6 Å². The number of aryl methyl sites for hydroxylation is 1. The summed E-state index contributed by atoms with van der Waals surface area (Å²) < 4.78 is 1.50. The summed E-state index contributed by atoms with van der Waals surface area (Å²) in [6, 6.07) is 19.5. The fourth-order valence-electron chi connectivity index (χ4n) is 2.37. The molecule has 0 aliphatic carbocycles. The van der Waals surface area contributed by atoms with Gasteiger partial charge in [0.05, 0.1) is 5.57 Å². The van der Waals surface area contributed by atoms with E-state index < -0.39 is 0 Å². The monoisotopic (exact) mass is 290 g/mol. The second-order valence-electron chi connectivity index (χ2n) is 4.76. The third kappa shape index (κ3) is 2.56. The molecule has 3 rings (SSSR count). The van der Waals surface area contributed by atoms with E-state index in [1.807, 2.05) is 60.7 Å². The molecule has 108 valence electrons. The van der Waals surface area contributed by atoms with Gasteiger partial charge in [0.15, 0.2) is 12.1 Å². The van der Waals surface area contributed by atoms with Crippen molar-refractivity contribution in [1.82, 2.24) is 20.2 Å². The molecule has 0 saturated heterocycles. The van der Waals surface area contributed by atoms with Gasteiger partial charge in [-0.15, -0.1) is 5.10 Å². The van der Waals surface area contributed by atoms with Crippen LogP contribution in [0.15, 0.2) is 60.7 Å². The Balaban J connectivity index is 2.31. The molecule has 0 saturated carbocycles. The number of carbonyl (C=O) groups excluding carboxylic acids is 1. The zero-order chi connectivity index (χ0) is 15.4. The van der Waals surface area contributed by atoms with E-state index in [2.05, 4.69) is 15.5 Å². The normalized spacial score (nSPS) is 10.2. The number of allylic oxidation sites excluding steroid dienone is 1. The van der Waals surface area contributed by atoms with Crippen molar-refractivity contribution in [3.8, 4) is 0 Å². The third-order valence-electron chi connectivity index (χ3n) is 3.37. The number of hydrogen-bond donors (Lipinski definition) is 0. The lowest BCUT2D eigenvalue weighted by molar-refractivity contribution is -0.103. The van der Waals surface area contributed by atoms with Crippen LogP contribution in [-0.2, 0) is 11.8 Å². The zero-order valence-electron chi connectivity index (χ0n) is 12.0. The Labute approximate surface area is 127 Å². The third-order valence-corrected chi connectivity index (χ3v) is 3.37. The highest BCUT2D eigenvalue weighted by atomic mass is 16.1. The lowest BCUT2D eigenvalue weighted by Gasteiger charge is -2.11. The van der Waals surface area contributed by atoms with Crippen LogP contribution < -0.4 is 0 Å². The largest absolute Gasteiger partial charge is 0.298 e. The molecule has 0 aliphatic heterocycles. The molecule has 0 spiro atoms. The van der Waals surface area contributed by atoms with E-state index in [9.17, 15) is 4.79 Å². The van der Waals surface area contributed by atoms with Crippen molar-refractivity contribution in [2.45, 2.75) is 0 Å². The number of benzene rings is 2. The van der Waals surface area contributed by atoms with Crippen molar-refractivity contribution >= 4 is 17.4 Å². The van der Waals surface area contributed by atoms with Crippen molar-refractivity contribution in [3.63, 3.8) is 0 Å². The van der Waals surface area contributed by atoms with Crippen LogP contribution in [0.5, 0.6) is 0 Å². The fourth-order valence-corrected chi connectivity index (χ4v) is 2.37. The smallest absolute Gasteiger partial charge is 0.185 e. The van der Waals surface area contributed by atoms with E-state index in [0.29, 0.717) is 11.4 Å². The number of hydrogen-bond acceptors (Lipinski definition) is 4.